The van der Waals surface area contributed by atoms with E-state index in [9.17, 15) is 0 Å². The summed E-state index contributed by atoms with van der Waals surface area (Å²) in [7, 11) is 1.58. The smallest absolute Gasteiger partial charge is 0.316 e. The van der Waals surface area contributed by atoms with Gasteiger partial charge >= 0.3 is 6.01 Å². The number of rotatable bonds is 5. The first-order valence-corrected chi connectivity index (χ1v) is 5.58. The maximum Gasteiger partial charge on any atom is 0.316 e. The quantitative estimate of drug-likeness (QED) is 0.771. The molecule has 0 amide bonds. The molecular formula is C12H21N3O. The lowest BCUT2D eigenvalue weighted by atomic mass is 9.97. The normalized spacial score (nSPS) is 11.5. The van der Waals surface area contributed by atoms with Crippen LogP contribution in [0, 0.1) is 5.41 Å². The van der Waals surface area contributed by atoms with Gasteiger partial charge in [0.25, 0.3) is 0 Å². The number of hydrogen-bond donors (Lipinski definition) is 1. The third-order valence-corrected chi connectivity index (χ3v) is 2.09. The maximum atomic E-state index is 4.97. The molecule has 0 unspecified atom stereocenters. The summed E-state index contributed by atoms with van der Waals surface area (Å²) in [6.07, 6.45) is 2.62. The highest BCUT2D eigenvalue weighted by Crippen LogP contribution is 2.10. The number of hydrogen-bond acceptors (Lipinski definition) is 4. The summed E-state index contributed by atoms with van der Waals surface area (Å²) >= 11 is 0. The Morgan fingerprint density at radius 2 is 2.12 bits per heavy atom. The highest BCUT2D eigenvalue weighted by atomic mass is 16.5. The number of nitrogens with zero attached hydrogens (tertiary/aromatic N) is 2. The van der Waals surface area contributed by atoms with Crippen molar-refractivity contribution in [1.29, 1.82) is 0 Å². The first kappa shape index (κ1) is 12.9. The number of nitrogens with one attached hydrogen (secondary N) is 1. The summed E-state index contributed by atoms with van der Waals surface area (Å²) in [6, 6.07) is 2.36. The Morgan fingerprint density at radius 1 is 1.38 bits per heavy atom. The minimum Gasteiger partial charge on any atom is -0.467 e. The molecule has 0 aliphatic rings. The molecule has 90 valence electrons. The van der Waals surface area contributed by atoms with Crippen molar-refractivity contribution in [3.63, 3.8) is 0 Å². The molecule has 0 fully saturated rings. The molecular weight excluding hydrogens is 202 g/mol. The fourth-order valence-electron chi connectivity index (χ4n) is 1.29. The number of aromatic nitrogens is 2. The van der Waals surface area contributed by atoms with Crippen molar-refractivity contribution in [3.8, 4) is 6.01 Å². The second-order valence-corrected chi connectivity index (χ2v) is 5.02. The molecule has 4 nitrogen and oxygen atoms in total. The predicted octanol–water partition coefficient (Wildman–Crippen LogP) is 1.66. The molecule has 0 atom stereocenters. The molecule has 1 aromatic rings. The molecule has 0 saturated heterocycles. The molecule has 0 spiro atoms. The van der Waals surface area contributed by atoms with Gasteiger partial charge in [0.05, 0.1) is 7.11 Å². The van der Waals surface area contributed by atoms with Crippen LogP contribution in [0.15, 0.2) is 12.3 Å². The summed E-state index contributed by atoms with van der Waals surface area (Å²) < 4.78 is 4.97. The number of ether oxygens (including phenoxy) is 1. The molecule has 0 saturated carbocycles. The van der Waals surface area contributed by atoms with Crippen LogP contribution in [0.4, 0.5) is 0 Å². The fourth-order valence-corrected chi connectivity index (χ4v) is 1.29. The highest BCUT2D eigenvalue weighted by molar-refractivity contribution is 5.05. The van der Waals surface area contributed by atoms with Crippen molar-refractivity contribution in [1.82, 2.24) is 15.3 Å². The van der Waals surface area contributed by atoms with E-state index in [1.54, 1.807) is 13.3 Å². The zero-order valence-electron chi connectivity index (χ0n) is 10.6. The molecule has 0 aliphatic carbocycles. The lowest BCUT2D eigenvalue weighted by Gasteiger charge is -2.18. The van der Waals surface area contributed by atoms with Crippen LogP contribution in [0.2, 0.25) is 0 Å². The molecule has 1 N–H and O–H groups in total. The maximum absolute atomic E-state index is 4.97. The van der Waals surface area contributed by atoms with Crippen molar-refractivity contribution in [2.75, 3.05) is 20.2 Å². The van der Waals surface area contributed by atoms with E-state index < -0.39 is 0 Å². The minimum atomic E-state index is 0.323. The lowest BCUT2D eigenvalue weighted by Crippen LogP contribution is -2.28. The van der Waals surface area contributed by atoms with Gasteiger partial charge < -0.3 is 10.1 Å². The molecule has 0 bridgehead atoms. The lowest BCUT2D eigenvalue weighted by molar-refractivity contribution is 0.374. The van der Waals surface area contributed by atoms with Crippen LogP contribution in [0.3, 0.4) is 0 Å². The van der Waals surface area contributed by atoms with Crippen molar-refractivity contribution in [2.45, 2.75) is 27.2 Å². The molecule has 4 heteroatoms. The average molecular weight is 223 g/mol. The fraction of sp³-hybridized carbons (Fsp3) is 0.667. The predicted molar refractivity (Wildman–Crippen MR) is 64.6 cm³/mol. The monoisotopic (exact) mass is 223 g/mol. The van der Waals surface area contributed by atoms with Crippen molar-refractivity contribution in [3.05, 3.63) is 18.0 Å². The van der Waals surface area contributed by atoms with Gasteiger partial charge in [-0.1, -0.05) is 20.8 Å². The van der Waals surface area contributed by atoms with Crippen LogP contribution in [0.1, 0.15) is 26.5 Å². The van der Waals surface area contributed by atoms with Gasteiger partial charge in [0.2, 0.25) is 0 Å². The van der Waals surface area contributed by atoms with E-state index in [-0.39, 0.29) is 0 Å². The van der Waals surface area contributed by atoms with Gasteiger partial charge in [-0.25, -0.2) is 9.97 Å². The Hall–Kier alpha value is -1.16. The zero-order valence-corrected chi connectivity index (χ0v) is 10.6. The first-order chi connectivity index (χ1) is 7.51. The second-order valence-electron chi connectivity index (χ2n) is 5.02. The molecule has 0 aromatic carbocycles. The summed E-state index contributed by atoms with van der Waals surface area (Å²) in [4.78, 5) is 8.22. The number of methoxy groups -OCH3 is 1. The van der Waals surface area contributed by atoms with Crippen LogP contribution >= 0.6 is 0 Å². The minimum absolute atomic E-state index is 0.323. The Balaban J connectivity index is 2.32. The van der Waals surface area contributed by atoms with Crippen LogP contribution in [-0.4, -0.2) is 30.2 Å². The Bertz CT molecular complexity index is 320. The largest absolute Gasteiger partial charge is 0.467 e. The van der Waals surface area contributed by atoms with Gasteiger partial charge in [-0.3, -0.25) is 0 Å². The van der Waals surface area contributed by atoms with Gasteiger partial charge in [0.15, 0.2) is 0 Å². The van der Waals surface area contributed by atoms with E-state index in [1.807, 2.05) is 6.07 Å². The SMILES string of the molecule is COc1nccc(CCNCC(C)(C)C)n1. The Morgan fingerprint density at radius 3 is 2.75 bits per heavy atom. The molecule has 16 heavy (non-hydrogen) atoms. The van der Waals surface area contributed by atoms with Gasteiger partial charge in [-0.2, -0.15) is 0 Å². The van der Waals surface area contributed by atoms with Crippen molar-refractivity contribution < 1.29 is 4.74 Å². The molecule has 1 rings (SSSR count). The standard InChI is InChI=1S/C12H21N3O/c1-12(2,3)9-13-7-5-10-6-8-14-11(15-10)16-4/h6,8,13H,5,7,9H2,1-4H3. The van der Waals surface area contributed by atoms with E-state index >= 15 is 0 Å². The van der Waals surface area contributed by atoms with Gasteiger partial charge in [0.1, 0.15) is 0 Å². The van der Waals surface area contributed by atoms with Crippen LogP contribution in [-0.2, 0) is 6.42 Å². The van der Waals surface area contributed by atoms with E-state index in [1.165, 1.54) is 0 Å². The Kier molecular flexibility index (Phi) is 4.68. The van der Waals surface area contributed by atoms with E-state index in [4.69, 9.17) is 4.74 Å². The highest BCUT2D eigenvalue weighted by Gasteiger charge is 2.08. The van der Waals surface area contributed by atoms with E-state index in [2.05, 4.69) is 36.1 Å². The van der Waals surface area contributed by atoms with Gasteiger partial charge in [-0.15, -0.1) is 0 Å². The zero-order chi connectivity index (χ0) is 12.0. The summed E-state index contributed by atoms with van der Waals surface area (Å²) in [5, 5.41) is 3.41. The molecule has 0 aliphatic heterocycles. The molecule has 1 heterocycles. The summed E-state index contributed by atoms with van der Waals surface area (Å²) in [5.74, 6) is 0. The average Bonchev–Trinajstić information content (AvgIpc) is 2.23. The van der Waals surface area contributed by atoms with Gasteiger partial charge in [-0.05, 0) is 11.5 Å². The third kappa shape index (κ3) is 5.07. The first-order valence-electron chi connectivity index (χ1n) is 5.58. The summed E-state index contributed by atoms with van der Waals surface area (Å²) in [5.41, 5.74) is 1.33. The van der Waals surface area contributed by atoms with Crippen LogP contribution in [0.5, 0.6) is 6.01 Å². The third-order valence-electron chi connectivity index (χ3n) is 2.09. The molecule has 0 radical (unpaired) electrons. The Labute approximate surface area is 97.5 Å². The van der Waals surface area contributed by atoms with Crippen molar-refractivity contribution >= 4 is 0 Å². The summed E-state index contributed by atoms with van der Waals surface area (Å²) in [6.45, 7) is 8.59. The van der Waals surface area contributed by atoms with E-state index in [0.717, 1.165) is 25.2 Å². The van der Waals surface area contributed by atoms with Crippen LogP contribution in [0.25, 0.3) is 0 Å². The van der Waals surface area contributed by atoms with Gasteiger partial charge in [0, 0.05) is 31.4 Å². The molecule has 1 aromatic heterocycles. The second kappa shape index (κ2) is 5.80. The van der Waals surface area contributed by atoms with E-state index in [0.29, 0.717) is 11.4 Å². The van der Waals surface area contributed by atoms with Crippen molar-refractivity contribution in [2.24, 2.45) is 5.41 Å². The topological polar surface area (TPSA) is 47.0 Å². The van der Waals surface area contributed by atoms with Crippen LogP contribution < -0.4 is 10.1 Å².